The van der Waals surface area contributed by atoms with Gasteiger partial charge in [0, 0.05) is 17.8 Å². The topological polar surface area (TPSA) is 47.6 Å². The number of amides is 1. The largest absolute Gasteiger partial charge is 0.497 e. The van der Waals surface area contributed by atoms with Gasteiger partial charge in [-0.3, -0.25) is 4.79 Å². The summed E-state index contributed by atoms with van der Waals surface area (Å²) in [5.74, 6) is 1.19. The Morgan fingerprint density at radius 1 is 0.917 bits per heavy atom. The van der Waals surface area contributed by atoms with Gasteiger partial charge in [0.25, 0.3) is 0 Å². The first-order valence-corrected chi connectivity index (χ1v) is 7.73. The molecule has 0 aliphatic heterocycles. The fraction of sp³-hybridized carbons (Fsp3) is 0.250. The van der Waals surface area contributed by atoms with Gasteiger partial charge < -0.3 is 14.8 Å². The SMILES string of the molecule is COc1cc(/C=C/C(=O)Nc2c(C)cc(C)cc2C)cc(OC)c1. The quantitative estimate of drug-likeness (QED) is 0.835. The molecule has 0 atom stereocenters. The van der Waals surface area contributed by atoms with Crippen LogP contribution >= 0.6 is 0 Å². The zero-order valence-corrected chi connectivity index (χ0v) is 14.8. The van der Waals surface area contributed by atoms with Crippen LogP contribution in [0.4, 0.5) is 5.69 Å². The maximum atomic E-state index is 12.2. The van der Waals surface area contributed by atoms with Crippen LogP contribution < -0.4 is 14.8 Å². The van der Waals surface area contributed by atoms with Crippen LogP contribution in [0.3, 0.4) is 0 Å². The first-order chi connectivity index (χ1) is 11.4. The number of hydrogen-bond donors (Lipinski definition) is 1. The Kier molecular flexibility index (Phi) is 5.64. The summed E-state index contributed by atoms with van der Waals surface area (Å²) in [6, 6.07) is 9.58. The molecule has 2 rings (SSSR count). The molecule has 0 saturated heterocycles. The van der Waals surface area contributed by atoms with Gasteiger partial charge in [-0.1, -0.05) is 17.7 Å². The van der Waals surface area contributed by atoms with Gasteiger partial charge in [-0.05, 0) is 55.7 Å². The number of anilines is 1. The summed E-state index contributed by atoms with van der Waals surface area (Å²) in [6.45, 7) is 6.03. The smallest absolute Gasteiger partial charge is 0.248 e. The van der Waals surface area contributed by atoms with Crippen molar-refractivity contribution in [2.45, 2.75) is 20.8 Å². The molecule has 2 aromatic carbocycles. The molecule has 1 amide bonds. The highest BCUT2D eigenvalue weighted by Gasteiger charge is 2.06. The molecule has 4 nitrogen and oxygen atoms in total. The molecule has 0 radical (unpaired) electrons. The van der Waals surface area contributed by atoms with E-state index in [9.17, 15) is 4.79 Å². The van der Waals surface area contributed by atoms with Crippen molar-refractivity contribution in [2.24, 2.45) is 0 Å². The van der Waals surface area contributed by atoms with Crippen LogP contribution in [0.15, 0.2) is 36.4 Å². The highest BCUT2D eigenvalue weighted by molar-refractivity contribution is 6.02. The predicted molar refractivity (Wildman–Crippen MR) is 97.9 cm³/mol. The fourth-order valence-corrected chi connectivity index (χ4v) is 2.64. The maximum Gasteiger partial charge on any atom is 0.248 e. The Morgan fingerprint density at radius 2 is 1.46 bits per heavy atom. The van der Waals surface area contributed by atoms with Crippen molar-refractivity contribution in [3.63, 3.8) is 0 Å². The minimum atomic E-state index is -0.174. The van der Waals surface area contributed by atoms with Gasteiger partial charge in [0.2, 0.25) is 5.91 Å². The minimum Gasteiger partial charge on any atom is -0.497 e. The first kappa shape index (κ1) is 17.6. The highest BCUT2D eigenvalue weighted by atomic mass is 16.5. The van der Waals surface area contributed by atoms with Crippen molar-refractivity contribution >= 4 is 17.7 Å². The predicted octanol–water partition coefficient (Wildman–Crippen LogP) is 4.28. The van der Waals surface area contributed by atoms with E-state index in [0.717, 1.165) is 22.4 Å². The molecule has 0 aliphatic rings. The van der Waals surface area contributed by atoms with Gasteiger partial charge in [0.1, 0.15) is 11.5 Å². The van der Waals surface area contributed by atoms with Gasteiger partial charge >= 0.3 is 0 Å². The Hall–Kier alpha value is -2.75. The molecule has 0 spiro atoms. The van der Waals surface area contributed by atoms with E-state index < -0.39 is 0 Å². The second kappa shape index (κ2) is 7.68. The van der Waals surface area contributed by atoms with Crippen LogP contribution in [0.5, 0.6) is 11.5 Å². The van der Waals surface area contributed by atoms with Gasteiger partial charge in [-0.15, -0.1) is 0 Å². The second-order valence-corrected chi connectivity index (χ2v) is 5.74. The number of methoxy groups -OCH3 is 2. The lowest BCUT2D eigenvalue weighted by Crippen LogP contribution is -2.10. The lowest BCUT2D eigenvalue weighted by molar-refractivity contribution is -0.111. The molecule has 0 saturated carbocycles. The number of nitrogens with one attached hydrogen (secondary N) is 1. The molecule has 0 unspecified atom stereocenters. The summed E-state index contributed by atoms with van der Waals surface area (Å²) in [7, 11) is 3.19. The van der Waals surface area contributed by atoms with Crippen molar-refractivity contribution in [3.8, 4) is 11.5 Å². The number of carbonyl (C=O) groups excluding carboxylic acids is 1. The fourth-order valence-electron chi connectivity index (χ4n) is 2.64. The van der Waals surface area contributed by atoms with Gasteiger partial charge in [0.05, 0.1) is 14.2 Å². The molecule has 1 N–H and O–H groups in total. The van der Waals surface area contributed by atoms with E-state index >= 15 is 0 Å². The average molecular weight is 325 g/mol. The Bertz CT molecular complexity index is 733. The summed E-state index contributed by atoms with van der Waals surface area (Å²) < 4.78 is 10.5. The summed E-state index contributed by atoms with van der Waals surface area (Å²) in [5, 5.41) is 2.94. The lowest BCUT2D eigenvalue weighted by atomic mass is 10.1. The molecule has 126 valence electrons. The van der Waals surface area contributed by atoms with E-state index in [1.807, 2.05) is 32.9 Å². The van der Waals surface area contributed by atoms with Crippen LogP contribution in [0.25, 0.3) is 6.08 Å². The van der Waals surface area contributed by atoms with Crippen molar-refractivity contribution in [1.29, 1.82) is 0 Å². The highest BCUT2D eigenvalue weighted by Crippen LogP contribution is 2.24. The molecule has 2 aromatic rings. The third kappa shape index (κ3) is 4.38. The molecule has 0 fully saturated rings. The summed E-state index contributed by atoms with van der Waals surface area (Å²) in [4.78, 5) is 12.2. The van der Waals surface area contributed by atoms with Gasteiger partial charge in [-0.25, -0.2) is 0 Å². The van der Waals surface area contributed by atoms with Crippen molar-refractivity contribution in [1.82, 2.24) is 0 Å². The van der Waals surface area contributed by atoms with Crippen LogP contribution in [0.1, 0.15) is 22.3 Å². The number of hydrogen-bond acceptors (Lipinski definition) is 3. The van der Waals surface area contributed by atoms with Crippen molar-refractivity contribution in [3.05, 3.63) is 58.7 Å². The van der Waals surface area contributed by atoms with E-state index in [0.29, 0.717) is 11.5 Å². The normalized spacial score (nSPS) is 10.7. The average Bonchev–Trinajstić information content (AvgIpc) is 2.55. The van der Waals surface area contributed by atoms with Crippen LogP contribution in [-0.2, 0) is 4.79 Å². The summed E-state index contributed by atoms with van der Waals surface area (Å²) in [5.41, 5.74) is 4.98. The number of aryl methyl sites for hydroxylation is 3. The Labute approximate surface area is 143 Å². The van der Waals surface area contributed by atoms with Crippen molar-refractivity contribution < 1.29 is 14.3 Å². The minimum absolute atomic E-state index is 0.174. The Balaban J connectivity index is 2.17. The van der Waals surface area contributed by atoms with E-state index in [1.165, 1.54) is 11.6 Å². The van der Waals surface area contributed by atoms with E-state index in [2.05, 4.69) is 17.4 Å². The number of carbonyl (C=O) groups is 1. The van der Waals surface area contributed by atoms with E-state index in [-0.39, 0.29) is 5.91 Å². The number of rotatable bonds is 5. The van der Waals surface area contributed by atoms with E-state index in [1.54, 1.807) is 26.4 Å². The monoisotopic (exact) mass is 325 g/mol. The van der Waals surface area contributed by atoms with Crippen LogP contribution in [0, 0.1) is 20.8 Å². The molecule has 0 heterocycles. The van der Waals surface area contributed by atoms with Crippen LogP contribution in [0.2, 0.25) is 0 Å². The lowest BCUT2D eigenvalue weighted by Gasteiger charge is -2.11. The molecule has 0 aromatic heterocycles. The summed E-state index contributed by atoms with van der Waals surface area (Å²) >= 11 is 0. The molecular formula is C20H23NO3. The maximum absolute atomic E-state index is 12.2. The zero-order chi connectivity index (χ0) is 17.7. The third-order valence-electron chi connectivity index (χ3n) is 3.73. The second-order valence-electron chi connectivity index (χ2n) is 5.74. The molecule has 0 aliphatic carbocycles. The number of benzene rings is 2. The first-order valence-electron chi connectivity index (χ1n) is 7.73. The Morgan fingerprint density at radius 3 is 1.96 bits per heavy atom. The molecule has 4 heteroatoms. The molecular weight excluding hydrogens is 302 g/mol. The van der Waals surface area contributed by atoms with Crippen molar-refractivity contribution in [2.75, 3.05) is 19.5 Å². The van der Waals surface area contributed by atoms with Gasteiger partial charge in [-0.2, -0.15) is 0 Å². The van der Waals surface area contributed by atoms with Crippen LogP contribution in [-0.4, -0.2) is 20.1 Å². The molecule has 24 heavy (non-hydrogen) atoms. The third-order valence-corrected chi connectivity index (χ3v) is 3.73. The molecule has 0 bridgehead atoms. The zero-order valence-electron chi connectivity index (χ0n) is 14.8. The number of ether oxygens (including phenoxy) is 2. The van der Waals surface area contributed by atoms with Gasteiger partial charge in [0.15, 0.2) is 0 Å². The summed E-state index contributed by atoms with van der Waals surface area (Å²) in [6.07, 6.45) is 3.24. The van der Waals surface area contributed by atoms with E-state index in [4.69, 9.17) is 9.47 Å². The standard InChI is InChI=1S/C20H23NO3/c1-13-8-14(2)20(15(3)9-13)21-19(22)7-6-16-10-17(23-4)12-18(11-16)24-5/h6-12H,1-5H3,(H,21,22)/b7-6+.